The van der Waals surface area contributed by atoms with Crippen molar-refractivity contribution in [3.63, 3.8) is 0 Å². The zero-order valence-electron chi connectivity index (χ0n) is 15.3. The van der Waals surface area contributed by atoms with Gasteiger partial charge in [-0.1, -0.05) is 12.1 Å². The number of rotatable bonds is 5. The fourth-order valence-electron chi connectivity index (χ4n) is 3.05. The summed E-state index contributed by atoms with van der Waals surface area (Å²) in [6.45, 7) is 7.68. The summed E-state index contributed by atoms with van der Waals surface area (Å²) in [5, 5.41) is 0. The first-order valence-electron chi connectivity index (χ1n) is 8.36. The second-order valence-electron chi connectivity index (χ2n) is 6.40. The zero-order valence-corrected chi connectivity index (χ0v) is 16.1. The van der Waals surface area contributed by atoms with E-state index in [1.54, 1.807) is 30.7 Å². The molecule has 5 nitrogen and oxygen atoms in total. The molecule has 1 N–H and O–H groups in total. The predicted molar refractivity (Wildman–Crippen MR) is 101 cm³/mol. The van der Waals surface area contributed by atoms with Crippen LogP contribution < -0.4 is 4.72 Å². The lowest BCUT2D eigenvalue weighted by Crippen LogP contribution is -2.25. The van der Waals surface area contributed by atoms with Gasteiger partial charge in [-0.3, -0.25) is 4.98 Å². The van der Waals surface area contributed by atoms with Crippen molar-refractivity contribution < 1.29 is 12.8 Å². The maximum atomic E-state index is 13.0. The molecule has 0 bridgehead atoms. The summed E-state index contributed by atoms with van der Waals surface area (Å²) < 4.78 is 34.1. The van der Waals surface area contributed by atoms with Crippen molar-refractivity contribution in [1.29, 1.82) is 0 Å². The van der Waals surface area contributed by atoms with E-state index in [0.717, 1.165) is 27.8 Å². The van der Waals surface area contributed by atoms with Crippen LogP contribution in [0.3, 0.4) is 0 Å². The highest BCUT2D eigenvalue weighted by Gasteiger charge is 2.22. The number of aromatic nitrogens is 1. The molecule has 3 rings (SSSR count). The van der Waals surface area contributed by atoms with Crippen molar-refractivity contribution in [3.8, 4) is 11.5 Å². The predicted octanol–water partition coefficient (Wildman–Crippen LogP) is 4.05. The molecule has 0 amide bonds. The summed E-state index contributed by atoms with van der Waals surface area (Å²) >= 11 is 0. The largest absolute Gasteiger partial charge is 0.463 e. The Balaban J connectivity index is 1.94. The van der Waals surface area contributed by atoms with Crippen LogP contribution in [0, 0.1) is 27.7 Å². The number of nitrogens with one attached hydrogen (secondary N) is 1. The highest BCUT2D eigenvalue weighted by molar-refractivity contribution is 7.89. The Morgan fingerprint density at radius 1 is 1.04 bits per heavy atom. The lowest BCUT2D eigenvalue weighted by molar-refractivity contribution is 0.574. The first-order chi connectivity index (χ1) is 12.3. The van der Waals surface area contributed by atoms with E-state index >= 15 is 0 Å². The van der Waals surface area contributed by atoms with Crippen LogP contribution in [-0.2, 0) is 16.6 Å². The van der Waals surface area contributed by atoms with E-state index in [1.807, 2.05) is 39.8 Å². The fourth-order valence-corrected chi connectivity index (χ4v) is 4.66. The van der Waals surface area contributed by atoms with Gasteiger partial charge >= 0.3 is 0 Å². The maximum absolute atomic E-state index is 13.0. The molecular formula is C20H22N2O3S. The van der Waals surface area contributed by atoms with Crippen molar-refractivity contribution in [2.24, 2.45) is 0 Å². The molecule has 26 heavy (non-hydrogen) atoms. The van der Waals surface area contributed by atoms with Crippen LogP contribution in [0.5, 0.6) is 0 Å². The van der Waals surface area contributed by atoms with Gasteiger partial charge in [-0.2, -0.15) is 0 Å². The summed E-state index contributed by atoms with van der Waals surface area (Å²) in [6, 6.07) is 9.22. The molecule has 0 aliphatic carbocycles. The molecular weight excluding hydrogens is 348 g/mol. The molecule has 0 radical (unpaired) electrons. The number of sulfonamides is 1. The average molecular weight is 370 g/mol. The van der Waals surface area contributed by atoms with E-state index < -0.39 is 10.0 Å². The van der Waals surface area contributed by atoms with Gasteiger partial charge in [-0.05, 0) is 73.7 Å². The molecule has 1 aromatic carbocycles. The van der Waals surface area contributed by atoms with Crippen LogP contribution in [0.1, 0.15) is 27.8 Å². The van der Waals surface area contributed by atoms with Crippen LogP contribution >= 0.6 is 0 Å². The third-order valence-corrected chi connectivity index (χ3v) is 6.34. The van der Waals surface area contributed by atoms with E-state index in [9.17, 15) is 8.42 Å². The van der Waals surface area contributed by atoms with Crippen LogP contribution in [0.15, 0.2) is 52.1 Å². The number of nitrogens with zero attached hydrogens (tertiary/aromatic N) is 1. The van der Waals surface area contributed by atoms with E-state index in [2.05, 4.69) is 9.71 Å². The first-order valence-corrected chi connectivity index (χ1v) is 9.84. The van der Waals surface area contributed by atoms with Gasteiger partial charge < -0.3 is 4.42 Å². The molecule has 0 aliphatic rings. The number of hydrogen-bond donors (Lipinski definition) is 1. The summed E-state index contributed by atoms with van der Waals surface area (Å²) in [7, 11) is -3.66. The number of aryl methyl sites for hydroxylation is 2. The molecule has 0 atom stereocenters. The van der Waals surface area contributed by atoms with Crippen molar-refractivity contribution in [2.45, 2.75) is 39.1 Å². The molecule has 0 saturated heterocycles. The monoisotopic (exact) mass is 370 g/mol. The summed E-state index contributed by atoms with van der Waals surface area (Å²) in [6.07, 6.45) is 3.23. The number of furan rings is 1. The third-order valence-electron chi connectivity index (χ3n) is 4.66. The highest BCUT2D eigenvalue weighted by Crippen LogP contribution is 2.27. The van der Waals surface area contributed by atoms with Crippen LogP contribution in [0.25, 0.3) is 11.5 Å². The van der Waals surface area contributed by atoms with Crippen LogP contribution in [0.4, 0.5) is 0 Å². The third kappa shape index (κ3) is 3.43. The molecule has 0 spiro atoms. The molecule has 0 aliphatic heterocycles. The van der Waals surface area contributed by atoms with Gasteiger partial charge in [0.2, 0.25) is 10.0 Å². The summed E-state index contributed by atoms with van der Waals surface area (Å²) in [5.74, 6) is 0.610. The van der Waals surface area contributed by atoms with E-state index in [-0.39, 0.29) is 6.54 Å². The van der Waals surface area contributed by atoms with Crippen molar-refractivity contribution in [3.05, 3.63) is 70.6 Å². The molecule has 0 fully saturated rings. The Hall–Kier alpha value is -2.44. The van der Waals surface area contributed by atoms with Gasteiger partial charge in [0, 0.05) is 12.7 Å². The van der Waals surface area contributed by atoms with Gasteiger partial charge in [-0.25, -0.2) is 13.1 Å². The van der Waals surface area contributed by atoms with Crippen molar-refractivity contribution in [1.82, 2.24) is 9.71 Å². The second kappa shape index (κ2) is 7.05. The zero-order chi connectivity index (χ0) is 18.9. The van der Waals surface area contributed by atoms with Gasteiger partial charge in [0.15, 0.2) is 5.76 Å². The summed E-state index contributed by atoms with van der Waals surface area (Å²) in [4.78, 5) is 4.69. The first kappa shape index (κ1) is 18.4. The van der Waals surface area contributed by atoms with Gasteiger partial charge in [0.05, 0.1) is 11.2 Å². The van der Waals surface area contributed by atoms with Gasteiger partial charge in [0.25, 0.3) is 0 Å². The average Bonchev–Trinajstić information content (AvgIpc) is 3.13. The molecule has 136 valence electrons. The Bertz CT molecular complexity index is 1010. The van der Waals surface area contributed by atoms with Gasteiger partial charge in [0.1, 0.15) is 5.69 Å². The number of hydrogen-bond acceptors (Lipinski definition) is 4. The van der Waals surface area contributed by atoms with E-state index in [4.69, 9.17) is 4.42 Å². The maximum Gasteiger partial charge on any atom is 0.241 e. The molecule has 0 saturated carbocycles. The Morgan fingerprint density at radius 2 is 1.73 bits per heavy atom. The fraction of sp³-hybridized carbons (Fsp3) is 0.250. The quantitative estimate of drug-likeness (QED) is 0.735. The van der Waals surface area contributed by atoms with Crippen LogP contribution in [0.2, 0.25) is 0 Å². The van der Waals surface area contributed by atoms with Crippen molar-refractivity contribution in [2.75, 3.05) is 0 Å². The minimum Gasteiger partial charge on any atom is -0.463 e. The Kier molecular flexibility index (Phi) is 4.98. The smallest absolute Gasteiger partial charge is 0.241 e. The summed E-state index contributed by atoms with van der Waals surface area (Å²) in [5.41, 5.74) is 4.87. The molecule has 2 heterocycles. The topological polar surface area (TPSA) is 72.2 Å². The van der Waals surface area contributed by atoms with Crippen molar-refractivity contribution >= 4 is 10.0 Å². The normalized spacial score (nSPS) is 11.7. The second-order valence-corrected chi connectivity index (χ2v) is 8.11. The molecule has 6 heteroatoms. The molecule has 3 aromatic rings. The van der Waals surface area contributed by atoms with E-state index in [0.29, 0.717) is 16.3 Å². The number of pyridine rings is 1. The minimum absolute atomic E-state index is 0.137. The van der Waals surface area contributed by atoms with Gasteiger partial charge in [-0.15, -0.1) is 0 Å². The standard InChI is InChI=1S/C20H22N2O3S/c1-13-11-14(2)16(4)20(15(13)3)26(23,24)22-12-17-7-5-9-21-19(17)18-8-6-10-25-18/h5-11,22H,12H2,1-4H3. The highest BCUT2D eigenvalue weighted by atomic mass is 32.2. The lowest BCUT2D eigenvalue weighted by atomic mass is 10.0. The Morgan fingerprint density at radius 3 is 2.35 bits per heavy atom. The molecule has 0 unspecified atom stereocenters. The Labute approximate surface area is 154 Å². The van der Waals surface area contributed by atoms with E-state index in [1.165, 1.54) is 0 Å². The molecule has 2 aromatic heterocycles. The number of benzene rings is 1. The van der Waals surface area contributed by atoms with Crippen LogP contribution in [-0.4, -0.2) is 13.4 Å². The minimum atomic E-state index is -3.66. The SMILES string of the molecule is Cc1cc(C)c(C)c(S(=O)(=O)NCc2cccnc2-c2ccco2)c1C. The lowest BCUT2D eigenvalue weighted by Gasteiger charge is -2.16.